The van der Waals surface area contributed by atoms with Crippen molar-refractivity contribution in [1.82, 2.24) is 9.88 Å². The normalized spacial score (nSPS) is 16.7. The number of rotatable bonds is 7. The number of pyridine rings is 1. The molecule has 6 nitrogen and oxygen atoms in total. The maximum Gasteiger partial charge on any atom is 0.326 e. The number of nitrogens with zero attached hydrogens (tertiary/aromatic N) is 3. The Morgan fingerprint density at radius 1 is 1.33 bits per heavy atom. The monoisotopic (exact) mass is 387 g/mol. The molecule has 27 heavy (non-hydrogen) atoms. The van der Waals surface area contributed by atoms with Crippen molar-refractivity contribution in [1.29, 1.82) is 0 Å². The van der Waals surface area contributed by atoms with Gasteiger partial charge in [0.25, 0.3) is 0 Å². The standard InChI is InChI=1S/C20H22ClN3O3/c1-3-5-16-12-24(19-9-8-17(27-2)11-22-19)20(26)23(16)13-18(25)14-6-4-7-15(21)10-14/h4,6-11,16H,3,5,12-13H2,1-2H3/t16-/m0/s1. The van der Waals surface area contributed by atoms with Gasteiger partial charge in [0.05, 0.1) is 25.9 Å². The molecule has 1 aromatic heterocycles. The van der Waals surface area contributed by atoms with Crippen LogP contribution in [0, 0.1) is 0 Å². The van der Waals surface area contributed by atoms with E-state index in [1.807, 2.05) is 0 Å². The van der Waals surface area contributed by atoms with Gasteiger partial charge in [0, 0.05) is 17.1 Å². The summed E-state index contributed by atoms with van der Waals surface area (Å²) in [6.45, 7) is 2.60. The molecule has 0 unspecified atom stereocenters. The molecule has 3 rings (SSSR count). The Hall–Kier alpha value is -2.60. The predicted molar refractivity (Wildman–Crippen MR) is 105 cm³/mol. The fourth-order valence-corrected chi connectivity index (χ4v) is 3.42. The number of halogens is 1. The van der Waals surface area contributed by atoms with E-state index in [4.69, 9.17) is 16.3 Å². The fourth-order valence-electron chi connectivity index (χ4n) is 3.23. The van der Waals surface area contributed by atoms with Crippen molar-refractivity contribution in [3.63, 3.8) is 0 Å². The minimum atomic E-state index is -0.207. The number of urea groups is 1. The van der Waals surface area contributed by atoms with Crippen LogP contribution in [-0.4, -0.2) is 47.9 Å². The molecule has 1 aliphatic heterocycles. The first-order valence-electron chi connectivity index (χ1n) is 8.90. The summed E-state index contributed by atoms with van der Waals surface area (Å²) in [4.78, 5) is 33.2. The molecule has 1 atom stereocenters. The lowest BCUT2D eigenvalue weighted by Gasteiger charge is -2.22. The van der Waals surface area contributed by atoms with Crippen molar-refractivity contribution >= 4 is 29.2 Å². The summed E-state index contributed by atoms with van der Waals surface area (Å²) >= 11 is 5.98. The number of methoxy groups -OCH3 is 1. The number of hydrogen-bond acceptors (Lipinski definition) is 4. The van der Waals surface area contributed by atoms with E-state index in [1.54, 1.807) is 59.5 Å². The number of carbonyl (C=O) groups excluding carboxylic acids is 2. The summed E-state index contributed by atoms with van der Waals surface area (Å²) in [6.07, 6.45) is 3.32. The predicted octanol–water partition coefficient (Wildman–Crippen LogP) is 4.04. The highest BCUT2D eigenvalue weighted by atomic mass is 35.5. The SMILES string of the molecule is CCC[C@H]1CN(c2ccc(OC)cn2)C(=O)N1CC(=O)c1cccc(Cl)c1. The Balaban J connectivity index is 1.80. The summed E-state index contributed by atoms with van der Waals surface area (Å²) < 4.78 is 5.12. The molecule has 2 heterocycles. The zero-order chi connectivity index (χ0) is 19.4. The van der Waals surface area contributed by atoms with Crippen LogP contribution in [0.1, 0.15) is 30.1 Å². The molecular formula is C20H22ClN3O3. The van der Waals surface area contributed by atoms with Gasteiger partial charge in [-0.05, 0) is 30.7 Å². The molecule has 0 radical (unpaired) electrons. The van der Waals surface area contributed by atoms with E-state index >= 15 is 0 Å². The number of aromatic nitrogens is 1. The maximum absolute atomic E-state index is 13.0. The van der Waals surface area contributed by atoms with Gasteiger partial charge in [0.15, 0.2) is 5.78 Å². The second-order valence-corrected chi connectivity index (χ2v) is 6.89. The molecule has 0 aliphatic carbocycles. The molecule has 0 saturated carbocycles. The number of ether oxygens (including phenoxy) is 1. The molecule has 142 valence electrons. The van der Waals surface area contributed by atoms with Crippen LogP contribution < -0.4 is 9.64 Å². The van der Waals surface area contributed by atoms with Gasteiger partial charge in [-0.2, -0.15) is 0 Å². The van der Waals surface area contributed by atoms with Crippen molar-refractivity contribution in [2.75, 3.05) is 25.1 Å². The van der Waals surface area contributed by atoms with Gasteiger partial charge < -0.3 is 9.64 Å². The summed E-state index contributed by atoms with van der Waals surface area (Å²) in [6, 6.07) is 10.1. The van der Waals surface area contributed by atoms with Gasteiger partial charge in [-0.15, -0.1) is 0 Å². The molecule has 0 spiro atoms. The zero-order valence-corrected chi connectivity index (χ0v) is 16.1. The van der Waals surface area contributed by atoms with E-state index in [0.29, 0.717) is 28.7 Å². The molecule has 7 heteroatoms. The highest BCUT2D eigenvalue weighted by Crippen LogP contribution is 2.26. The van der Waals surface area contributed by atoms with Gasteiger partial charge in [-0.1, -0.05) is 37.1 Å². The van der Waals surface area contributed by atoms with E-state index < -0.39 is 0 Å². The molecule has 1 saturated heterocycles. The largest absolute Gasteiger partial charge is 0.495 e. The Kier molecular flexibility index (Phi) is 5.96. The van der Waals surface area contributed by atoms with Crippen molar-refractivity contribution < 1.29 is 14.3 Å². The maximum atomic E-state index is 13.0. The van der Waals surface area contributed by atoms with Crippen LogP contribution in [-0.2, 0) is 0 Å². The smallest absolute Gasteiger partial charge is 0.326 e. The van der Waals surface area contributed by atoms with Gasteiger partial charge >= 0.3 is 6.03 Å². The average Bonchev–Trinajstić information content (AvgIpc) is 2.98. The van der Waals surface area contributed by atoms with E-state index in [1.165, 1.54) is 0 Å². The molecule has 2 aromatic rings. The second kappa shape index (κ2) is 8.39. The Labute approximate surface area is 163 Å². The highest BCUT2D eigenvalue weighted by molar-refractivity contribution is 6.31. The minimum absolute atomic E-state index is 0.0243. The summed E-state index contributed by atoms with van der Waals surface area (Å²) in [5.41, 5.74) is 0.506. The zero-order valence-electron chi connectivity index (χ0n) is 15.4. The van der Waals surface area contributed by atoms with Crippen molar-refractivity contribution in [3.8, 4) is 5.75 Å². The van der Waals surface area contributed by atoms with E-state index in [9.17, 15) is 9.59 Å². The molecule has 0 bridgehead atoms. The van der Waals surface area contributed by atoms with Crippen LogP contribution in [0.4, 0.5) is 10.6 Å². The molecule has 2 amide bonds. The Bertz CT molecular complexity index is 825. The number of carbonyl (C=O) groups is 2. The third kappa shape index (κ3) is 4.22. The van der Waals surface area contributed by atoms with Crippen molar-refractivity contribution in [2.24, 2.45) is 0 Å². The van der Waals surface area contributed by atoms with Crippen LogP contribution in [0.3, 0.4) is 0 Å². The topological polar surface area (TPSA) is 62.7 Å². The average molecular weight is 388 g/mol. The van der Waals surface area contributed by atoms with E-state index in [2.05, 4.69) is 11.9 Å². The number of Topliss-reactive ketones (excluding diaryl/α,β-unsaturated/α-hetero) is 1. The van der Waals surface area contributed by atoms with Gasteiger partial charge in [0.2, 0.25) is 0 Å². The minimum Gasteiger partial charge on any atom is -0.495 e. The Morgan fingerprint density at radius 3 is 2.78 bits per heavy atom. The third-order valence-electron chi connectivity index (χ3n) is 4.63. The lowest BCUT2D eigenvalue weighted by molar-refractivity contribution is 0.0935. The summed E-state index contributed by atoms with van der Waals surface area (Å²) in [7, 11) is 1.57. The Morgan fingerprint density at radius 2 is 2.15 bits per heavy atom. The number of ketones is 1. The van der Waals surface area contributed by atoms with Crippen molar-refractivity contribution in [3.05, 3.63) is 53.2 Å². The van der Waals surface area contributed by atoms with Crippen LogP contribution in [0.15, 0.2) is 42.6 Å². The molecule has 1 aliphatic rings. The van der Waals surface area contributed by atoms with Gasteiger partial charge in [0.1, 0.15) is 11.6 Å². The van der Waals surface area contributed by atoms with Crippen molar-refractivity contribution in [2.45, 2.75) is 25.8 Å². The highest BCUT2D eigenvalue weighted by Gasteiger charge is 2.39. The number of hydrogen-bond donors (Lipinski definition) is 0. The van der Waals surface area contributed by atoms with E-state index in [0.717, 1.165) is 12.8 Å². The van der Waals surface area contributed by atoms with Gasteiger partial charge in [-0.25, -0.2) is 9.78 Å². The lowest BCUT2D eigenvalue weighted by atomic mass is 10.1. The van der Waals surface area contributed by atoms with E-state index in [-0.39, 0.29) is 24.4 Å². The summed E-state index contributed by atoms with van der Waals surface area (Å²) in [5, 5.41) is 0.503. The first kappa shape index (κ1) is 19.2. The van der Waals surface area contributed by atoms with Crippen LogP contribution in [0.5, 0.6) is 5.75 Å². The third-order valence-corrected chi connectivity index (χ3v) is 4.86. The van der Waals surface area contributed by atoms with Crippen LogP contribution >= 0.6 is 11.6 Å². The van der Waals surface area contributed by atoms with Crippen LogP contribution in [0.2, 0.25) is 5.02 Å². The van der Waals surface area contributed by atoms with Gasteiger partial charge in [-0.3, -0.25) is 9.69 Å². The second-order valence-electron chi connectivity index (χ2n) is 6.45. The van der Waals surface area contributed by atoms with Crippen LogP contribution in [0.25, 0.3) is 0 Å². The molecule has 1 fully saturated rings. The quantitative estimate of drug-likeness (QED) is 0.673. The molecule has 1 aromatic carbocycles. The molecular weight excluding hydrogens is 366 g/mol. The number of amides is 2. The lowest BCUT2D eigenvalue weighted by Crippen LogP contribution is -2.39. The summed E-state index contributed by atoms with van der Waals surface area (Å²) in [5.74, 6) is 1.06. The number of benzene rings is 1. The first-order valence-corrected chi connectivity index (χ1v) is 9.28. The molecule has 0 N–H and O–H groups in total. The fraction of sp³-hybridized carbons (Fsp3) is 0.350. The first-order chi connectivity index (χ1) is 13.0. The number of anilines is 1.